The SMILES string of the molecule is NCc1ncccc1Oc1ccccc1F. The van der Waals surface area contributed by atoms with Gasteiger partial charge in [-0.3, -0.25) is 4.98 Å². The van der Waals surface area contributed by atoms with Gasteiger partial charge in [0.1, 0.15) is 5.75 Å². The van der Waals surface area contributed by atoms with Crippen LogP contribution in [0.5, 0.6) is 11.5 Å². The van der Waals surface area contributed by atoms with Gasteiger partial charge in [-0.05, 0) is 24.3 Å². The van der Waals surface area contributed by atoms with Crippen LogP contribution >= 0.6 is 0 Å². The van der Waals surface area contributed by atoms with Crippen molar-refractivity contribution < 1.29 is 9.13 Å². The maximum Gasteiger partial charge on any atom is 0.165 e. The minimum atomic E-state index is -0.408. The number of ether oxygens (including phenoxy) is 1. The molecule has 1 aromatic heterocycles. The first kappa shape index (κ1) is 10.6. The van der Waals surface area contributed by atoms with E-state index in [1.807, 2.05) is 0 Å². The average Bonchev–Trinajstić information content (AvgIpc) is 2.33. The van der Waals surface area contributed by atoms with E-state index in [0.29, 0.717) is 11.4 Å². The van der Waals surface area contributed by atoms with Gasteiger partial charge < -0.3 is 10.5 Å². The summed E-state index contributed by atoms with van der Waals surface area (Å²) in [6.45, 7) is 0.255. The van der Waals surface area contributed by atoms with Crippen LogP contribution in [0.3, 0.4) is 0 Å². The summed E-state index contributed by atoms with van der Waals surface area (Å²) in [5, 5.41) is 0. The van der Waals surface area contributed by atoms with E-state index >= 15 is 0 Å². The van der Waals surface area contributed by atoms with Gasteiger partial charge in [-0.1, -0.05) is 12.1 Å². The highest BCUT2D eigenvalue weighted by Gasteiger charge is 2.07. The maximum atomic E-state index is 13.3. The Balaban J connectivity index is 2.30. The van der Waals surface area contributed by atoms with Crippen molar-refractivity contribution in [3.63, 3.8) is 0 Å². The number of nitrogens with two attached hydrogens (primary N) is 1. The fraction of sp³-hybridized carbons (Fsp3) is 0.0833. The number of rotatable bonds is 3. The predicted octanol–water partition coefficient (Wildman–Crippen LogP) is 2.47. The largest absolute Gasteiger partial charge is 0.452 e. The Morgan fingerprint density at radius 3 is 2.62 bits per heavy atom. The Morgan fingerprint density at radius 1 is 1.12 bits per heavy atom. The van der Waals surface area contributed by atoms with Crippen molar-refractivity contribution in [2.24, 2.45) is 5.73 Å². The van der Waals surface area contributed by atoms with E-state index in [-0.39, 0.29) is 12.3 Å². The molecule has 0 saturated heterocycles. The first-order chi connectivity index (χ1) is 7.81. The standard InChI is InChI=1S/C12H11FN2O/c13-9-4-1-2-5-11(9)16-12-6-3-7-15-10(12)8-14/h1-7H,8,14H2. The summed E-state index contributed by atoms with van der Waals surface area (Å²) in [6.07, 6.45) is 1.62. The molecule has 0 bridgehead atoms. The lowest BCUT2D eigenvalue weighted by Crippen LogP contribution is -2.02. The summed E-state index contributed by atoms with van der Waals surface area (Å²) in [5.41, 5.74) is 6.11. The monoisotopic (exact) mass is 218 g/mol. The Morgan fingerprint density at radius 2 is 1.88 bits per heavy atom. The van der Waals surface area contributed by atoms with Crippen molar-refractivity contribution in [3.05, 3.63) is 54.1 Å². The second-order valence-electron chi connectivity index (χ2n) is 3.18. The molecule has 2 aromatic rings. The molecule has 0 unspecified atom stereocenters. The molecule has 1 heterocycles. The fourth-order valence-corrected chi connectivity index (χ4v) is 1.32. The molecular formula is C12H11FN2O. The van der Waals surface area contributed by atoms with E-state index in [1.165, 1.54) is 6.07 Å². The van der Waals surface area contributed by atoms with Gasteiger partial charge in [0.25, 0.3) is 0 Å². The number of nitrogens with zero attached hydrogens (tertiary/aromatic N) is 1. The number of benzene rings is 1. The van der Waals surface area contributed by atoms with E-state index in [9.17, 15) is 4.39 Å². The van der Waals surface area contributed by atoms with Crippen molar-refractivity contribution in [2.75, 3.05) is 0 Å². The topological polar surface area (TPSA) is 48.1 Å². The van der Waals surface area contributed by atoms with Crippen LogP contribution in [0.1, 0.15) is 5.69 Å². The van der Waals surface area contributed by atoms with Crippen LogP contribution in [0.4, 0.5) is 4.39 Å². The highest BCUT2D eigenvalue weighted by molar-refractivity contribution is 5.34. The predicted molar refractivity (Wildman–Crippen MR) is 58.6 cm³/mol. The summed E-state index contributed by atoms with van der Waals surface area (Å²) >= 11 is 0. The van der Waals surface area contributed by atoms with E-state index in [4.69, 9.17) is 10.5 Å². The van der Waals surface area contributed by atoms with Gasteiger partial charge in [0.15, 0.2) is 11.6 Å². The highest BCUT2D eigenvalue weighted by Crippen LogP contribution is 2.25. The van der Waals surface area contributed by atoms with Crippen LogP contribution in [-0.4, -0.2) is 4.98 Å². The zero-order chi connectivity index (χ0) is 11.4. The zero-order valence-corrected chi connectivity index (χ0v) is 8.56. The minimum absolute atomic E-state index is 0.171. The van der Waals surface area contributed by atoms with Crippen LogP contribution < -0.4 is 10.5 Å². The lowest BCUT2D eigenvalue weighted by molar-refractivity contribution is 0.435. The van der Waals surface area contributed by atoms with E-state index in [0.717, 1.165) is 0 Å². The third-order valence-electron chi connectivity index (χ3n) is 2.10. The Hall–Kier alpha value is -1.94. The van der Waals surface area contributed by atoms with E-state index in [2.05, 4.69) is 4.98 Å². The van der Waals surface area contributed by atoms with Gasteiger partial charge in [-0.15, -0.1) is 0 Å². The molecule has 0 aliphatic carbocycles. The van der Waals surface area contributed by atoms with Crippen molar-refractivity contribution in [1.82, 2.24) is 4.98 Å². The first-order valence-corrected chi connectivity index (χ1v) is 4.87. The normalized spacial score (nSPS) is 10.1. The quantitative estimate of drug-likeness (QED) is 0.860. The second kappa shape index (κ2) is 4.72. The van der Waals surface area contributed by atoms with E-state index < -0.39 is 5.82 Å². The molecule has 0 amide bonds. The third-order valence-corrected chi connectivity index (χ3v) is 2.10. The summed E-state index contributed by atoms with van der Waals surface area (Å²) in [6, 6.07) is 9.64. The van der Waals surface area contributed by atoms with Gasteiger partial charge in [-0.2, -0.15) is 0 Å². The molecule has 16 heavy (non-hydrogen) atoms. The van der Waals surface area contributed by atoms with Crippen LogP contribution in [0, 0.1) is 5.82 Å². The Labute approximate surface area is 92.7 Å². The number of halogens is 1. The zero-order valence-electron chi connectivity index (χ0n) is 8.56. The molecular weight excluding hydrogens is 207 g/mol. The number of pyridine rings is 1. The molecule has 0 atom stereocenters. The molecule has 2 N–H and O–H groups in total. The van der Waals surface area contributed by atoms with Gasteiger partial charge in [0.2, 0.25) is 0 Å². The molecule has 0 aliphatic heterocycles. The summed E-state index contributed by atoms with van der Waals surface area (Å²) in [5.74, 6) is 0.245. The maximum absolute atomic E-state index is 13.3. The van der Waals surface area contributed by atoms with Gasteiger partial charge in [0, 0.05) is 12.7 Å². The molecule has 0 saturated carbocycles. The number of para-hydroxylation sites is 1. The molecule has 2 rings (SSSR count). The van der Waals surface area contributed by atoms with Gasteiger partial charge in [-0.25, -0.2) is 4.39 Å². The van der Waals surface area contributed by atoms with Crippen molar-refractivity contribution in [3.8, 4) is 11.5 Å². The number of hydrogen-bond acceptors (Lipinski definition) is 3. The Kier molecular flexibility index (Phi) is 3.12. The smallest absolute Gasteiger partial charge is 0.165 e. The van der Waals surface area contributed by atoms with Gasteiger partial charge in [0.05, 0.1) is 5.69 Å². The molecule has 0 fully saturated rings. The number of aromatic nitrogens is 1. The second-order valence-corrected chi connectivity index (χ2v) is 3.18. The van der Waals surface area contributed by atoms with Gasteiger partial charge >= 0.3 is 0 Å². The Bertz CT molecular complexity index is 488. The molecule has 3 nitrogen and oxygen atoms in total. The summed E-state index contributed by atoms with van der Waals surface area (Å²) in [4.78, 5) is 4.05. The molecule has 1 aromatic carbocycles. The molecule has 4 heteroatoms. The summed E-state index contributed by atoms with van der Waals surface area (Å²) in [7, 11) is 0. The first-order valence-electron chi connectivity index (χ1n) is 4.87. The van der Waals surface area contributed by atoms with Crippen molar-refractivity contribution in [2.45, 2.75) is 6.54 Å². The molecule has 0 aliphatic rings. The summed E-state index contributed by atoms with van der Waals surface area (Å²) < 4.78 is 18.7. The van der Waals surface area contributed by atoms with Crippen LogP contribution in [0.2, 0.25) is 0 Å². The average molecular weight is 218 g/mol. The van der Waals surface area contributed by atoms with Crippen LogP contribution in [-0.2, 0) is 6.54 Å². The molecule has 0 radical (unpaired) electrons. The third kappa shape index (κ3) is 2.17. The highest BCUT2D eigenvalue weighted by atomic mass is 19.1. The molecule has 0 spiro atoms. The van der Waals surface area contributed by atoms with Crippen molar-refractivity contribution >= 4 is 0 Å². The van der Waals surface area contributed by atoms with Crippen LogP contribution in [0.25, 0.3) is 0 Å². The fourth-order valence-electron chi connectivity index (χ4n) is 1.32. The number of hydrogen-bond donors (Lipinski definition) is 1. The lowest BCUT2D eigenvalue weighted by atomic mass is 10.3. The lowest BCUT2D eigenvalue weighted by Gasteiger charge is -2.09. The van der Waals surface area contributed by atoms with Crippen molar-refractivity contribution in [1.29, 1.82) is 0 Å². The molecule has 82 valence electrons. The minimum Gasteiger partial charge on any atom is -0.452 e. The van der Waals surface area contributed by atoms with Crippen LogP contribution in [0.15, 0.2) is 42.6 Å². The van der Waals surface area contributed by atoms with E-state index in [1.54, 1.807) is 36.5 Å².